The number of phenols is 2. The number of nitrogen functional groups attached to an aromatic ring is 2. The average Bonchev–Trinajstić information content (AvgIpc) is 3.50. The van der Waals surface area contributed by atoms with Crippen LogP contribution in [-0.4, -0.2) is 63.3 Å². The molecule has 3 aromatic rings. The SMILES string of the molecule is CCCN(CCc1cc(O)c(CCN(CCC)[C@H]2CCc3nc(N)sc3C2)cc1O)C1CCc2cc(N)sc2C1. The van der Waals surface area contributed by atoms with E-state index in [2.05, 4.69) is 34.7 Å². The summed E-state index contributed by atoms with van der Waals surface area (Å²) >= 11 is 3.36. The molecule has 7 nitrogen and oxygen atoms in total. The van der Waals surface area contributed by atoms with Crippen LogP contribution >= 0.6 is 22.7 Å². The maximum absolute atomic E-state index is 11.0. The predicted molar refractivity (Wildman–Crippen MR) is 168 cm³/mol. The van der Waals surface area contributed by atoms with Crippen LogP contribution in [0.5, 0.6) is 11.5 Å². The lowest BCUT2D eigenvalue weighted by Crippen LogP contribution is -2.41. The second kappa shape index (κ2) is 13.1. The van der Waals surface area contributed by atoms with Crippen molar-refractivity contribution < 1.29 is 10.2 Å². The minimum absolute atomic E-state index is 0.295. The lowest BCUT2D eigenvalue weighted by molar-refractivity contribution is 0.181. The minimum atomic E-state index is 0.295. The topological polar surface area (TPSA) is 112 Å². The zero-order valence-electron chi connectivity index (χ0n) is 24.0. The monoisotopic (exact) mass is 583 g/mol. The van der Waals surface area contributed by atoms with Crippen LogP contribution in [0.4, 0.5) is 10.1 Å². The summed E-state index contributed by atoms with van der Waals surface area (Å²) in [5.74, 6) is 0.592. The molecule has 40 heavy (non-hydrogen) atoms. The number of thiazole rings is 1. The van der Waals surface area contributed by atoms with E-state index in [1.807, 2.05) is 0 Å². The number of nitrogens with two attached hydrogens (primary N) is 2. The van der Waals surface area contributed by atoms with Crippen molar-refractivity contribution in [1.82, 2.24) is 14.8 Å². The molecule has 2 aliphatic rings. The molecule has 0 aliphatic heterocycles. The Balaban J connectivity index is 1.20. The molecule has 0 spiro atoms. The molecular weight excluding hydrogens is 539 g/mol. The van der Waals surface area contributed by atoms with Crippen LogP contribution in [0.2, 0.25) is 0 Å². The Labute approximate surface area is 246 Å². The van der Waals surface area contributed by atoms with Crippen molar-refractivity contribution in [2.75, 3.05) is 37.6 Å². The molecule has 1 aromatic carbocycles. The Hall–Kier alpha value is -2.33. The Morgan fingerprint density at radius 3 is 1.98 bits per heavy atom. The van der Waals surface area contributed by atoms with Gasteiger partial charge in [0.1, 0.15) is 11.5 Å². The molecule has 5 rings (SSSR count). The molecule has 2 aromatic heterocycles. The summed E-state index contributed by atoms with van der Waals surface area (Å²) in [5, 5.41) is 23.5. The van der Waals surface area contributed by atoms with Gasteiger partial charge < -0.3 is 21.7 Å². The Kier molecular flexibility index (Phi) is 9.56. The lowest BCUT2D eigenvalue weighted by Gasteiger charge is -2.34. The van der Waals surface area contributed by atoms with E-state index in [0.717, 1.165) is 100 Å². The van der Waals surface area contributed by atoms with E-state index < -0.39 is 0 Å². The second-order valence-electron chi connectivity index (χ2n) is 11.5. The summed E-state index contributed by atoms with van der Waals surface area (Å²) in [4.78, 5) is 12.4. The third kappa shape index (κ3) is 6.75. The van der Waals surface area contributed by atoms with Crippen molar-refractivity contribution in [3.63, 3.8) is 0 Å². The highest BCUT2D eigenvalue weighted by atomic mass is 32.1. The van der Waals surface area contributed by atoms with E-state index in [1.165, 1.54) is 21.0 Å². The quantitative estimate of drug-likeness (QED) is 0.211. The van der Waals surface area contributed by atoms with Crippen LogP contribution in [0.25, 0.3) is 0 Å². The summed E-state index contributed by atoms with van der Waals surface area (Å²) < 4.78 is 0. The molecule has 0 radical (unpaired) electrons. The van der Waals surface area contributed by atoms with Gasteiger partial charge in [0, 0.05) is 34.9 Å². The highest BCUT2D eigenvalue weighted by Gasteiger charge is 2.28. The maximum atomic E-state index is 11.0. The van der Waals surface area contributed by atoms with Gasteiger partial charge in [-0.05, 0) is 112 Å². The van der Waals surface area contributed by atoms with Gasteiger partial charge in [0.25, 0.3) is 0 Å². The van der Waals surface area contributed by atoms with Crippen molar-refractivity contribution in [3.8, 4) is 11.5 Å². The highest BCUT2D eigenvalue weighted by molar-refractivity contribution is 7.16. The molecule has 9 heteroatoms. The van der Waals surface area contributed by atoms with Crippen LogP contribution in [0.1, 0.15) is 71.7 Å². The lowest BCUT2D eigenvalue weighted by atomic mass is 9.93. The van der Waals surface area contributed by atoms with Crippen molar-refractivity contribution in [3.05, 3.63) is 50.3 Å². The number of thiophene rings is 1. The summed E-state index contributed by atoms with van der Waals surface area (Å²) in [6, 6.07) is 6.70. The van der Waals surface area contributed by atoms with Gasteiger partial charge >= 0.3 is 0 Å². The fourth-order valence-corrected chi connectivity index (χ4v) is 8.64. The van der Waals surface area contributed by atoms with Crippen LogP contribution in [-0.2, 0) is 38.5 Å². The average molecular weight is 584 g/mol. The standard InChI is InChI=1S/C31H45N5O2S2/c1-3-11-35(23-6-5-22-17-30(32)39-28(22)18-23)13-9-20-15-27(38)21(16-26(20)37)10-14-36(12-4-2)24-7-8-25-29(19-24)40-31(33)34-25/h15-17,23-24,37-38H,3-14,18-19,32H2,1-2H3,(H2,33,34)/t23?,24-/m0/s1. The third-order valence-corrected chi connectivity index (χ3v) is 10.7. The van der Waals surface area contributed by atoms with Gasteiger partial charge in [-0.1, -0.05) is 13.8 Å². The minimum Gasteiger partial charge on any atom is -0.508 e. The molecule has 6 N–H and O–H groups in total. The van der Waals surface area contributed by atoms with Crippen molar-refractivity contribution >= 4 is 32.8 Å². The fraction of sp³-hybridized carbons (Fsp3) is 0.581. The first-order valence-electron chi connectivity index (χ1n) is 15.0. The van der Waals surface area contributed by atoms with Gasteiger partial charge in [-0.25, -0.2) is 4.98 Å². The maximum Gasteiger partial charge on any atom is 0.180 e. The number of aryl methyl sites for hydroxylation is 2. The molecule has 0 saturated carbocycles. The molecular formula is C31H45N5O2S2. The van der Waals surface area contributed by atoms with Crippen LogP contribution in [0, 0.1) is 0 Å². The molecule has 2 aliphatic carbocycles. The summed E-state index contributed by atoms with van der Waals surface area (Å²) in [7, 11) is 0. The number of fused-ring (bicyclic) bond motifs is 2. The predicted octanol–water partition coefficient (Wildman–Crippen LogP) is 5.40. The molecule has 0 fully saturated rings. The van der Waals surface area contributed by atoms with Gasteiger partial charge in [-0.15, -0.1) is 22.7 Å². The molecule has 218 valence electrons. The number of aromatic hydroxyl groups is 2. The highest BCUT2D eigenvalue weighted by Crippen LogP contribution is 2.34. The molecule has 2 heterocycles. The van der Waals surface area contributed by atoms with Crippen LogP contribution in [0.3, 0.4) is 0 Å². The Bertz CT molecular complexity index is 1190. The second-order valence-corrected chi connectivity index (χ2v) is 13.8. The van der Waals surface area contributed by atoms with E-state index in [9.17, 15) is 10.2 Å². The normalized spacial score (nSPS) is 18.8. The summed E-state index contributed by atoms with van der Waals surface area (Å²) in [6.45, 7) is 8.23. The molecule has 1 unspecified atom stereocenters. The smallest absolute Gasteiger partial charge is 0.180 e. The van der Waals surface area contributed by atoms with E-state index in [-0.39, 0.29) is 0 Å². The number of rotatable bonds is 12. The number of phenolic OH excluding ortho intramolecular Hbond substituents is 2. The first-order chi connectivity index (χ1) is 19.3. The van der Waals surface area contributed by atoms with E-state index in [4.69, 9.17) is 11.5 Å². The number of aromatic nitrogens is 1. The number of hydrogen-bond acceptors (Lipinski definition) is 9. The first kappa shape index (κ1) is 29.2. The van der Waals surface area contributed by atoms with Gasteiger partial charge in [0.15, 0.2) is 5.13 Å². The number of nitrogens with zero attached hydrogens (tertiary/aromatic N) is 3. The Morgan fingerprint density at radius 1 is 0.800 bits per heavy atom. The van der Waals surface area contributed by atoms with Gasteiger partial charge in [-0.3, -0.25) is 9.80 Å². The summed E-state index contributed by atoms with van der Waals surface area (Å²) in [5.41, 5.74) is 16.3. The van der Waals surface area contributed by atoms with E-state index >= 15 is 0 Å². The van der Waals surface area contributed by atoms with E-state index in [0.29, 0.717) is 35.1 Å². The third-order valence-electron chi connectivity index (χ3n) is 8.68. The largest absolute Gasteiger partial charge is 0.508 e. The van der Waals surface area contributed by atoms with Crippen LogP contribution in [0.15, 0.2) is 18.2 Å². The van der Waals surface area contributed by atoms with Crippen LogP contribution < -0.4 is 11.5 Å². The van der Waals surface area contributed by atoms with Gasteiger partial charge in [0.05, 0.1) is 10.7 Å². The van der Waals surface area contributed by atoms with E-state index in [1.54, 1.807) is 34.8 Å². The fourth-order valence-electron chi connectivity index (χ4n) is 6.63. The molecule has 0 bridgehead atoms. The Morgan fingerprint density at radius 2 is 1.38 bits per heavy atom. The van der Waals surface area contributed by atoms with Gasteiger partial charge in [0.2, 0.25) is 0 Å². The van der Waals surface area contributed by atoms with Crippen molar-refractivity contribution in [2.45, 2.75) is 90.1 Å². The number of anilines is 2. The van der Waals surface area contributed by atoms with Gasteiger partial charge in [-0.2, -0.15) is 0 Å². The molecule has 2 atom stereocenters. The first-order valence-corrected chi connectivity index (χ1v) is 16.6. The molecule has 0 saturated heterocycles. The molecule has 0 amide bonds. The van der Waals surface area contributed by atoms with Crippen molar-refractivity contribution in [1.29, 1.82) is 0 Å². The summed E-state index contributed by atoms with van der Waals surface area (Å²) in [6.07, 6.45) is 9.97. The number of hydrogen-bond donors (Lipinski definition) is 4. The zero-order chi connectivity index (χ0) is 28.2. The number of benzene rings is 1. The zero-order valence-corrected chi connectivity index (χ0v) is 25.6. The van der Waals surface area contributed by atoms with Crippen molar-refractivity contribution in [2.24, 2.45) is 0 Å².